The van der Waals surface area contributed by atoms with Crippen LogP contribution in [-0.4, -0.2) is 35.5 Å². The summed E-state index contributed by atoms with van der Waals surface area (Å²) in [6.07, 6.45) is 1.23. The highest BCUT2D eigenvalue weighted by atomic mass is 35.5. The quantitative estimate of drug-likeness (QED) is 0.485. The Labute approximate surface area is 188 Å². The van der Waals surface area contributed by atoms with E-state index in [0.29, 0.717) is 23.9 Å². The maximum atomic E-state index is 12.8. The average Bonchev–Trinajstić information content (AvgIpc) is 3.21. The number of halogens is 1. The predicted octanol–water partition coefficient (Wildman–Crippen LogP) is 6.28. The average molecular weight is 435 g/mol. The van der Waals surface area contributed by atoms with E-state index in [9.17, 15) is 4.79 Å². The Morgan fingerprint density at radius 3 is 2.58 bits per heavy atom. The lowest BCUT2D eigenvalue weighted by molar-refractivity contribution is 0.0384. The van der Waals surface area contributed by atoms with E-state index in [2.05, 4.69) is 47.5 Å². The van der Waals surface area contributed by atoms with Crippen molar-refractivity contribution in [1.82, 2.24) is 4.90 Å². The van der Waals surface area contributed by atoms with Crippen LogP contribution in [0, 0.1) is 0 Å². The number of fused-ring (bicyclic) bond motifs is 1. The van der Waals surface area contributed by atoms with Crippen molar-refractivity contribution in [2.45, 2.75) is 39.2 Å². The number of amides is 1. The monoisotopic (exact) mass is 434 g/mol. The van der Waals surface area contributed by atoms with E-state index in [0.717, 1.165) is 24.0 Å². The van der Waals surface area contributed by atoms with Gasteiger partial charge in [-0.05, 0) is 61.6 Å². The minimum atomic E-state index is -0.559. The number of hydrogen-bond donors (Lipinski definition) is 0. The molecule has 0 aromatic heterocycles. The molecule has 3 aromatic rings. The number of amidine groups is 1. The molecule has 3 aromatic carbocycles. The van der Waals surface area contributed by atoms with E-state index in [1.165, 1.54) is 16.3 Å². The number of nitrogens with zero attached hydrogens (tertiary/aromatic N) is 2. The molecule has 1 aliphatic heterocycles. The summed E-state index contributed by atoms with van der Waals surface area (Å²) < 4.78 is 5.59. The molecule has 1 aliphatic rings. The van der Waals surface area contributed by atoms with Crippen LogP contribution in [0.25, 0.3) is 10.8 Å². The zero-order chi connectivity index (χ0) is 22.0. The fraction of sp³-hybridized carbons (Fsp3) is 0.308. The molecule has 0 radical (unpaired) electrons. The van der Waals surface area contributed by atoms with Gasteiger partial charge in [0, 0.05) is 10.6 Å². The van der Waals surface area contributed by atoms with Crippen molar-refractivity contribution in [3.05, 3.63) is 82.4 Å². The number of ether oxygens (including phenoxy) is 1. The van der Waals surface area contributed by atoms with Gasteiger partial charge in [-0.15, -0.1) is 0 Å². The molecule has 0 bridgehead atoms. The maximum Gasteiger partial charge on any atom is 0.416 e. The minimum Gasteiger partial charge on any atom is -0.443 e. The number of aryl methyl sites for hydroxylation is 1. The first-order chi connectivity index (χ1) is 14.8. The lowest BCUT2D eigenvalue weighted by Crippen LogP contribution is -2.39. The highest BCUT2D eigenvalue weighted by Crippen LogP contribution is 2.27. The minimum absolute atomic E-state index is 0.372. The van der Waals surface area contributed by atoms with Crippen LogP contribution in [-0.2, 0) is 17.6 Å². The van der Waals surface area contributed by atoms with E-state index < -0.39 is 5.60 Å². The van der Waals surface area contributed by atoms with Crippen LogP contribution in [0.15, 0.2) is 65.7 Å². The highest BCUT2D eigenvalue weighted by molar-refractivity contribution is 6.32. The molecule has 1 heterocycles. The first-order valence-corrected chi connectivity index (χ1v) is 11.0. The summed E-state index contributed by atoms with van der Waals surface area (Å²) in [4.78, 5) is 19.0. The van der Waals surface area contributed by atoms with Crippen LogP contribution in [0.2, 0.25) is 5.02 Å². The van der Waals surface area contributed by atoms with Crippen molar-refractivity contribution in [2.75, 3.05) is 13.1 Å². The van der Waals surface area contributed by atoms with Gasteiger partial charge in [0.1, 0.15) is 11.4 Å². The molecule has 1 amide bonds. The first-order valence-electron chi connectivity index (χ1n) is 10.6. The molecule has 0 unspecified atom stereocenters. The summed E-state index contributed by atoms with van der Waals surface area (Å²) in [5, 5.41) is 3.18. The summed E-state index contributed by atoms with van der Waals surface area (Å²) >= 11 is 6.64. The van der Waals surface area contributed by atoms with Crippen LogP contribution in [0.1, 0.15) is 37.5 Å². The van der Waals surface area contributed by atoms with Crippen molar-refractivity contribution >= 4 is 34.3 Å². The molecule has 0 N–H and O–H groups in total. The number of benzene rings is 3. The van der Waals surface area contributed by atoms with Gasteiger partial charge in [0.05, 0.1) is 13.1 Å². The van der Waals surface area contributed by atoms with Crippen molar-refractivity contribution in [3.8, 4) is 0 Å². The Bertz CT molecular complexity index is 1140. The zero-order valence-electron chi connectivity index (χ0n) is 18.2. The highest BCUT2D eigenvalue weighted by Gasteiger charge is 2.30. The Balaban J connectivity index is 1.62. The van der Waals surface area contributed by atoms with E-state index in [4.69, 9.17) is 16.3 Å². The molecule has 0 aliphatic carbocycles. The van der Waals surface area contributed by atoms with Gasteiger partial charge in [-0.1, -0.05) is 66.2 Å². The summed E-state index contributed by atoms with van der Waals surface area (Å²) in [5.41, 5.74) is 2.62. The van der Waals surface area contributed by atoms with Crippen LogP contribution in [0.4, 0.5) is 4.79 Å². The molecular weight excluding hydrogens is 408 g/mol. The summed E-state index contributed by atoms with van der Waals surface area (Å²) in [7, 11) is 0. The van der Waals surface area contributed by atoms with Gasteiger partial charge in [0.25, 0.3) is 0 Å². The van der Waals surface area contributed by atoms with E-state index in [-0.39, 0.29) is 6.09 Å². The molecule has 0 fully saturated rings. The van der Waals surface area contributed by atoms with Gasteiger partial charge in [-0.3, -0.25) is 9.89 Å². The van der Waals surface area contributed by atoms with Crippen LogP contribution >= 0.6 is 11.6 Å². The fourth-order valence-corrected chi connectivity index (χ4v) is 4.23. The predicted molar refractivity (Wildman–Crippen MR) is 127 cm³/mol. The molecule has 0 saturated carbocycles. The fourth-order valence-electron chi connectivity index (χ4n) is 3.96. The molecule has 0 saturated heterocycles. The third kappa shape index (κ3) is 4.75. The standard InChI is InChI=1S/C26H27ClN2O2/c1-26(2,3)31-25(30)29-17-16-28-24(29)22-12-7-13-23(27)21(22)15-14-19-10-6-9-18-8-4-5-11-20(18)19/h4-13H,14-17H2,1-3H3. The molecule has 4 nitrogen and oxygen atoms in total. The van der Waals surface area contributed by atoms with Crippen molar-refractivity contribution < 1.29 is 9.53 Å². The number of hydrogen-bond acceptors (Lipinski definition) is 3. The molecule has 4 rings (SSSR count). The zero-order valence-corrected chi connectivity index (χ0v) is 18.9. The third-order valence-corrected chi connectivity index (χ3v) is 5.69. The SMILES string of the molecule is CC(C)(C)OC(=O)N1CCN=C1c1cccc(Cl)c1CCc1cccc2ccccc12. The lowest BCUT2D eigenvalue weighted by atomic mass is 9.96. The second-order valence-corrected chi connectivity index (χ2v) is 9.15. The first kappa shape index (κ1) is 21.4. The topological polar surface area (TPSA) is 41.9 Å². The lowest BCUT2D eigenvalue weighted by Gasteiger charge is -2.26. The van der Waals surface area contributed by atoms with E-state index >= 15 is 0 Å². The van der Waals surface area contributed by atoms with Crippen LogP contribution < -0.4 is 0 Å². The summed E-state index contributed by atoms with van der Waals surface area (Å²) in [6.45, 7) is 6.68. The van der Waals surface area contributed by atoms with Gasteiger partial charge >= 0.3 is 6.09 Å². The van der Waals surface area contributed by atoms with Gasteiger partial charge in [0.2, 0.25) is 0 Å². The van der Waals surface area contributed by atoms with Crippen molar-refractivity contribution in [3.63, 3.8) is 0 Å². The molecular formula is C26H27ClN2O2. The second-order valence-electron chi connectivity index (χ2n) is 8.74. The largest absolute Gasteiger partial charge is 0.443 e. The van der Waals surface area contributed by atoms with Crippen molar-refractivity contribution in [2.24, 2.45) is 4.99 Å². The van der Waals surface area contributed by atoms with E-state index in [1.54, 1.807) is 4.90 Å². The van der Waals surface area contributed by atoms with Crippen LogP contribution in [0.3, 0.4) is 0 Å². The van der Waals surface area contributed by atoms with Gasteiger partial charge < -0.3 is 4.74 Å². The maximum absolute atomic E-state index is 12.8. The van der Waals surface area contributed by atoms with Crippen LogP contribution in [0.5, 0.6) is 0 Å². The summed E-state index contributed by atoms with van der Waals surface area (Å²) in [6, 6.07) is 20.6. The molecule has 0 atom stereocenters. The van der Waals surface area contributed by atoms with E-state index in [1.807, 2.05) is 39.0 Å². The Hall–Kier alpha value is -2.85. The van der Waals surface area contributed by atoms with Crippen molar-refractivity contribution in [1.29, 1.82) is 0 Å². The Morgan fingerprint density at radius 2 is 1.77 bits per heavy atom. The molecule has 160 valence electrons. The second kappa shape index (κ2) is 8.72. The smallest absolute Gasteiger partial charge is 0.416 e. The molecule has 31 heavy (non-hydrogen) atoms. The molecule has 0 spiro atoms. The third-order valence-electron chi connectivity index (χ3n) is 5.34. The van der Waals surface area contributed by atoms with Gasteiger partial charge in [-0.2, -0.15) is 0 Å². The number of rotatable bonds is 4. The van der Waals surface area contributed by atoms with Gasteiger partial charge in [-0.25, -0.2) is 4.79 Å². The Morgan fingerprint density at radius 1 is 1.03 bits per heavy atom. The molecule has 5 heteroatoms. The van der Waals surface area contributed by atoms with Gasteiger partial charge in [0.15, 0.2) is 0 Å². The normalized spacial score (nSPS) is 14.1. The number of aliphatic imine (C=N–C) groups is 1. The number of carbonyl (C=O) groups is 1. The Kier molecular flexibility index (Phi) is 6.01. The number of carbonyl (C=O) groups excluding carboxylic acids is 1. The summed E-state index contributed by atoms with van der Waals surface area (Å²) in [5.74, 6) is 0.643.